The Morgan fingerprint density at radius 3 is 1.55 bits per heavy atom. The average molecular weight is 279 g/mol. The van der Waals surface area contributed by atoms with Crippen LogP contribution in [0.4, 0.5) is 0 Å². The first-order valence-electron chi connectivity index (χ1n) is 7.48. The summed E-state index contributed by atoms with van der Waals surface area (Å²) in [4.78, 5) is 20.2. The van der Waals surface area contributed by atoms with Gasteiger partial charge in [-0.2, -0.15) is 5.26 Å². The van der Waals surface area contributed by atoms with E-state index in [0.717, 1.165) is 51.4 Å². The van der Waals surface area contributed by atoms with Crippen molar-refractivity contribution in [3.63, 3.8) is 0 Å². The van der Waals surface area contributed by atoms with Crippen LogP contribution in [-0.4, -0.2) is 16.9 Å². The summed E-state index contributed by atoms with van der Waals surface area (Å²) in [6, 6.07) is 2.28. The Kier molecular flexibility index (Phi) is 5.74. The van der Waals surface area contributed by atoms with Crippen molar-refractivity contribution in [3.05, 3.63) is 0 Å². The van der Waals surface area contributed by atoms with Crippen molar-refractivity contribution in [2.24, 2.45) is 10.8 Å². The van der Waals surface area contributed by atoms with Crippen LogP contribution in [0.5, 0.6) is 0 Å². The fourth-order valence-corrected chi connectivity index (χ4v) is 2.06. The topological polar surface area (TPSA) is 78.2 Å². The third-order valence-corrected chi connectivity index (χ3v) is 4.61. The van der Waals surface area contributed by atoms with Gasteiger partial charge in [0.2, 0.25) is 0 Å². The summed E-state index contributed by atoms with van der Waals surface area (Å²) in [7, 11) is 0. The number of Topliss-reactive ketones (excluding diaryl/α,β-unsaturated/α-hetero) is 1. The first-order valence-corrected chi connectivity index (χ1v) is 7.48. The van der Waals surface area contributed by atoms with Crippen LogP contribution >= 0.6 is 0 Å². The van der Waals surface area contributed by atoms with E-state index >= 15 is 0 Å². The fraction of sp³-hybridized carbons (Fsp3) is 0.812. The summed E-state index contributed by atoms with van der Waals surface area (Å²) in [6.07, 6.45) is 9.13. The number of nitrogens with zero attached hydrogens (tertiary/aromatic N) is 1. The second kappa shape index (κ2) is 6.88. The number of nitriles is 1. The lowest BCUT2D eigenvalue weighted by Gasteiger charge is -2.33. The number of rotatable bonds is 1. The lowest BCUT2D eigenvalue weighted by atomic mass is 9.71. The molecule has 0 saturated heterocycles. The third-order valence-electron chi connectivity index (χ3n) is 4.61. The molecule has 0 amide bonds. The van der Waals surface area contributed by atoms with Gasteiger partial charge in [-0.25, -0.2) is 0 Å². The quantitative estimate of drug-likeness (QED) is 0.793. The van der Waals surface area contributed by atoms with Gasteiger partial charge in [0, 0.05) is 12.8 Å². The molecule has 0 aromatic carbocycles. The highest BCUT2D eigenvalue weighted by Crippen LogP contribution is 2.40. The van der Waals surface area contributed by atoms with Gasteiger partial charge in [-0.1, -0.05) is 12.8 Å². The lowest BCUT2D eigenvalue weighted by molar-refractivity contribution is -0.152. The van der Waals surface area contributed by atoms with Crippen molar-refractivity contribution < 1.29 is 14.7 Å². The minimum Gasteiger partial charge on any atom is -0.481 e. The van der Waals surface area contributed by atoms with E-state index in [-0.39, 0.29) is 10.8 Å². The Morgan fingerprint density at radius 2 is 1.55 bits per heavy atom. The summed E-state index contributed by atoms with van der Waals surface area (Å²) in [5.74, 6) is -0.200. The van der Waals surface area contributed by atoms with Gasteiger partial charge in [-0.05, 0) is 46.0 Å². The number of hydrogen-bond donors (Lipinski definition) is 1. The molecule has 0 aliphatic heterocycles. The van der Waals surface area contributed by atoms with Gasteiger partial charge in [-0.15, -0.1) is 0 Å². The number of carbonyl (C=O) groups is 2. The number of ketones is 1. The first-order chi connectivity index (χ1) is 9.31. The second-order valence-electron chi connectivity index (χ2n) is 6.64. The summed E-state index contributed by atoms with van der Waals surface area (Å²) in [5.41, 5.74) is -0.292. The maximum absolute atomic E-state index is 10.3. The van der Waals surface area contributed by atoms with E-state index in [1.165, 1.54) is 6.42 Å². The smallest absolute Gasteiger partial charge is 0.309 e. The Labute approximate surface area is 121 Å². The van der Waals surface area contributed by atoms with E-state index in [9.17, 15) is 9.59 Å². The van der Waals surface area contributed by atoms with E-state index in [2.05, 4.69) is 6.07 Å². The molecule has 0 radical (unpaired) electrons. The minimum absolute atomic E-state index is 0.0694. The molecule has 112 valence electrons. The van der Waals surface area contributed by atoms with Gasteiger partial charge in [0.25, 0.3) is 0 Å². The second-order valence-corrected chi connectivity index (χ2v) is 6.64. The van der Waals surface area contributed by atoms with E-state index in [1.54, 1.807) is 6.92 Å². The van der Waals surface area contributed by atoms with Crippen LogP contribution in [0.25, 0.3) is 0 Å². The van der Waals surface area contributed by atoms with Crippen LogP contribution in [0.3, 0.4) is 0 Å². The van der Waals surface area contributed by atoms with Gasteiger partial charge >= 0.3 is 5.97 Å². The monoisotopic (exact) mass is 279 g/mol. The Bertz CT molecular complexity index is 394. The van der Waals surface area contributed by atoms with Gasteiger partial charge < -0.3 is 5.11 Å². The predicted molar refractivity (Wildman–Crippen MR) is 76.0 cm³/mol. The summed E-state index contributed by atoms with van der Waals surface area (Å²) in [5, 5.41) is 16.9. The van der Waals surface area contributed by atoms with Crippen molar-refractivity contribution in [1.29, 1.82) is 5.26 Å². The summed E-state index contributed by atoms with van der Waals surface area (Å²) >= 11 is 0. The van der Waals surface area contributed by atoms with Gasteiger partial charge in [0.05, 0.1) is 16.9 Å². The molecule has 3 aliphatic rings. The number of aliphatic carboxylic acids is 1. The normalized spacial score (nSPS) is 23.9. The molecule has 20 heavy (non-hydrogen) atoms. The molecule has 3 fully saturated rings. The molecule has 0 heterocycles. The van der Waals surface area contributed by atoms with Crippen molar-refractivity contribution >= 4 is 11.8 Å². The Morgan fingerprint density at radius 1 is 1.10 bits per heavy atom. The van der Waals surface area contributed by atoms with E-state index in [0.29, 0.717) is 5.78 Å². The molecule has 1 N–H and O–H groups in total. The van der Waals surface area contributed by atoms with Gasteiger partial charge in [0.15, 0.2) is 0 Å². The van der Waals surface area contributed by atoms with E-state index in [4.69, 9.17) is 10.4 Å². The molecule has 0 aromatic rings. The summed E-state index contributed by atoms with van der Waals surface area (Å²) in [6.45, 7) is 3.83. The molecular formula is C16H25NO3. The van der Waals surface area contributed by atoms with E-state index in [1.807, 2.05) is 6.92 Å². The van der Waals surface area contributed by atoms with Gasteiger partial charge in [-0.3, -0.25) is 9.59 Å². The number of carboxylic acid groups (broad SMARTS) is 1. The highest BCUT2D eigenvalue weighted by Gasteiger charge is 2.39. The number of carboxylic acids is 1. The number of hydrogen-bond acceptors (Lipinski definition) is 3. The molecule has 3 rings (SSSR count). The maximum atomic E-state index is 10.3. The fourth-order valence-electron chi connectivity index (χ4n) is 2.06. The molecule has 4 heteroatoms. The Balaban J connectivity index is 0.000000154. The average Bonchev–Trinajstić information content (AvgIpc) is 2.31. The van der Waals surface area contributed by atoms with Crippen molar-refractivity contribution in [3.8, 4) is 6.07 Å². The van der Waals surface area contributed by atoms with Crippen LogP contribution < -0.4 is 0 Å². The van der Waals surface area contributed by atoms with Gasteiger partial charge in [0.1, 0.15) is 5.78 Å². The van der Waals surface area contributed by atoms with E-state index < -0.39 is 5.97 Å². The minimum atomic E-state index is -0.635. The molecule has 0 aromatic heterocycles. The van der Waals surface area contributed by atoms with Crippen molar-refractivity contribution in [1.82, 2.24) is 0 Å². The zero-order chi connectivity index (χ0) is 15.2. The first kappa shape index (κ1) is 16.7. The van der Waals surface area contributed by atoms with Crippen molar-refractivity contribution in [2.45, 2.75) is 71.6 Å². The maximum Gasteiger partial charge on any atom is 0.309 e. The van der Waals surface area contributed by atoms with Crippen LogP contribution in [0, 0.1) is 22.2 Å². The molecule has 4 nitrogen and oxygen atoms in total. The third kappa shape index (κ3) is 4.63. The largest absolute Gasteiger partial charge is 0.481 e. The van der Waals surface area contributed by atoms with Crippen LogP contribution in [-0.2, 0) is 9.59 Å². The molecule has 0 bridgehead atoms. The highest BCUT2D eigenvalue weighted by molar-refractivity contribution is 5.83. The molecule has 0 unspecified atom stereocenters. The van der Waals surface area contributed by atoms with Crippen LogP contribution in [0.15, 0.2) is 0 Å². The SMILES string of the molecule is CC1(C#N)CCC1.CC1(C(=O)O)CCC1.O=C1CCC1. The van der Waals surface area contributed by atoms with Crippen LogP contribution in [0.2, 0.25) is 0 Å². The molecule has 3 saturated carbocycles. The Hall–Kier alpha value is -1.37. The predicted octanol–water partition coefficient (Wildman–Crippen LogP) is 3.70. The lowest BCUT2D eigenvalue weighted by Crippen LogP contribution is -2.34. The number of carbonyl (C=O) groups excluding carboxylic acids is 1. The highest BCUT2D eigenvalue weighted by atomic mass is 16.4. The molecular weight excluding hydrogens is 254 g/mol. The standard InChI is InChI=1S/C6H9N.C6H10O2.C4H6O/c1-6(5-7)3-2-4-6;1-6(5(7)8)3-2-4-6;5-4-2-1-3-4/h2-4H2,1H3;2-4H2,1H3,(H,7,8);1-3H2. The molecule has 3 aliphatic carbocycles. The zero-order valence-electron chi connectivity index (χ0n) is 12.6. The van der Waals surface area contributed by atoms with Crippen LogP contribution in [0.1, 0.15) is 71.6 Å². The zero-order valence-corrected chi connectivity index (χ0v) is 12.6. The summed E-state index contributed by atoms with van der Waals surface area (Å²) < 4.78 is 0. The molecule has 0 spiro atoms. The van der Waals surface area contributed by atoms with Crippen molar-refractivity contribution in [2.75, 3.05) is 0 Å². The molecule has 0 atom stereocenters.